The molecule has 31 heavy (non-hydrogen) atoms. The smallest absolute Gasteiger partial charge is 0.121 e. The summed E-state index contributed by atoms with van der Waals surface area (Å²) in [6, 6.07) is 29.7. The van der Waals surface area contributed by atoms with Gasteiger partial charge in [-0.15, -0.1) is 0 Å². The zero-order valence-corrected chi connectivity index (χ0v) is 16.9. The fourth-order valence-electron chi connectivity index (χ4n) is 5.32. The summed E-state index contributed by atoms with van der Waals surface area (Å²) in [6.45, 7) is 0. The second-order valence-electron chi connectivity index (χ2n) is 8.57. The highest BCUT2D eigenvalue weighted by Gasteiger charge is 2.43. The van der Waals surface area contributed by atoms with Gasteiger partial charge in [0.1, 0.15) is 11.6 Å². The lowest BCUT2D eigenvalue weighted by Gasteiger charge is -2.35. The summed E-state index contributed by atoms with van der Waals surface area (Å²) in [7, 11) is 0. The Morgan fingerprint density at radius 1 is 0.581 bits per heavy atom. The third-order valence-electron chi connectivity index (χ3n) is 6.75. The lowest BCUT2D eigenvalue weighted by molar-refractivity contribution is 0.451. The highest BCUT2D eigenvalue weighted by atomic mass is 15.0. The maximum atomic E-state index is 5.08. The van der Waals surface area contributed by atoms with E-state index < -0.39 is 0 Å². The molecule has 4 aromatic carbocycles. The second kappa shape index (κ2) is 6.05. The lowest BCUT2D eigenvalue weighted by atomic mass is 9.69. The minimum absolute atomic E-state index is 0.388. The van der Waals surface area contributed by atoms with Crippen LogP contribution < -0.4 is 0 Å². The van der Waals surface area contributed by atoms with Crippen molar-refractivity contribution in [3.63, 3.8) is 0 Å². The molecule has 4 heteroatoms. The molecule has 0 bridgehead atoms. The lowest BCUT2D eigenvalue weighted by Crippen LogP contribution is -2.38. The number of H-pyrrole nitrogens is 2. The molecule has 7 rings (SSSR count). The second-order valence-corrected chi connectivity index (χ2v) is 8.57. The summed E-state index contributed by atoms with van der Waals surface area (Å²) >= 11 is 0. The van der Waals surface area contributed by atoms with Gasteiger partial charge in [0.15, 0.2) is 0 Å². The number of para-hydroxylation sites is 4. The molecule has 1 aliphatic carbocycles. The van der Waals surface area contributed by atoms with E-state index >= 15 is 0 Å². The Balaban J connectivity index is 1.54. The zero-order chi connectivity index (χ0) is 20.4. The van der Waals surface area contributed by atoms with Gasteiger partial charge in [0.2, 0.25) is 0 Å². The molecular formula is C27H20N4. The van der Waals surface area contributed by atoms with E-state index in [-0.39, 0.29) is 5.41 Å². The van der Waals surface area contributed by atoms with E-state index in [0.717, 1.165) is 46.6 Å². The quantitative estimate of drug-likeness (QED) is 0.393. The summed E-state index contributed by atoms with van der Waals surface area (Å²) in [6.07, 6.45) is 1.70. The summed E-state index contributed by atoms with van der Waals surface area (Å²) in [4.78, 5) is 17.4. The van der Waals surface area contributed by atoms with E-state index in [1.807, 2.05) is 12.1 Å². The Labute approximate surface area is 179 Å². The van der Waals surface area contributed by atoms with Crippen molar-refractivity contribution >= 4 is 32.8 Å². The summed E-state index contributed by atoms with van der Waals surface area (Å²) < 4.78 is 0. The Morgan fingerprint density at radius 2 is 1.10 bits per heavy atom. The molecule has 2 N–H and O–H groups in total. The first-order valence-corrected chi connectivity index (χ1v) is 10.7. The maximum absolute atomic E-state index is 5.08. The Bertz CT molecular complexity index is 1420. The van der Waals surface area contributed by atoms with Crippen molar-refractivity contribution in [3.05, 3.63) is 108 Å². The van der Waals surface area contributed by atoms with E-state index in [9.17, 15) is 0 Å². The number of nitrogens with zero attached hydrogens (tertiary/aromatic N) is 2. The molecule has 1 aliphatic rings. The molecule has 4 nitrogen and oxygen atoms in total. The van der Waals surface area contributed by atoms with E-state index in [2.05, 4.69) is 82.8 Å². The minimum Gasteiger partial charge on any atom is -0.341 e. The average Bonchev–Trinajstić information content (AvgIpc) is 3.44. The van der Waals surface area contributed by atoms with Crippen LogP contribution in [0.15, 0.2) is 84.9 Å². The van der Waals surface area contributed by atoms with E-state index in [0.29, 0.717) is 0 Å². The molecule has 0 atom stereocenters. The van der Waals surface area contributed by atoms with Gasteiger partial charge < -0.3 is 9.97 Å². The number of aromatic nitrogens is 4. The van der Waals surface area contributed by atoms with Crippen molar-refractivity contribution in [3.8, 4) is 0 Å². The first-order chi connectivity index (χ1) is 15.3. The third-order valence-corrected chi connectivity index (χ3v) is 6.75. The predicted octanol–water partition coefficient (Wildman–Crippen LogP) is 5.68. The fourth-order valence-corrected chi connectivity index (χ4v) is 5.32. The molecule has 0 fully saturated rings. The largest absolute Gasteiger partial charge is 0.341 e. The van der Waals surface area contributed by atoms with E-state index in [4.69, 9.17) is 9.97 Å². The van der Waals surface area contributed by atoms with Gasteiger partial charge in [0.05, 0.1) is 27.5 Å². The number of fused-ring (bicyclic) bond motifs is 2. The number of aromatic amines is 2. The van der Waals surface area contributed by atoms with E-state index in [1.165, 1.54) is 21.9 Å². The van der Waals surface area contributed by atoms with Crippen molar-refractivity contribution in [2.45, 2.75) is 18.3 Å². The molecule has 0 saturated heterocycles. The van der Waals surface area contributed by atoms with Crippen LogP contribution in [0.1, 0.15) is 22.8 Å². The zero-order valence-electron chi connectivity index (χ0n) is 16.9. The number of benzene rings is 4. The first kappa shape index (κ1) is 16.8. The van der Waals surface area contributed by atoms with Crippen LogP contribution >= 0.6 is 0 Å². The Kier molecular flexibility index (Phi) is 3.28. The van der Waals surface area contributed by atoms with Crippen molar-refractivity contribution in [1.82, 2.24) is 19.9 Å². The van der Waals surface area contributed by atoms with Crippen LogP contribution in [0.4, 0.5) is 0 Å². The number of hydrogen-bond donors (Lipinski definition) is 2. The number of imidazole rings is 2. The molecule has 2 heterocycles. The van der Waals surface area contributed by atoms with Crippen LogP contribution in [-0.2, 0) is 18.3 Å². The monoisotopic (exact) mass is 400 g/mol. The van der Waals surface area contributed by atoms with Crippen LogP contribution in [0.2, 0.25) is 0 Å². The molecule has 0 amide bonds. The van der Waals surface area contributed by atoms with Crippen molar-refractivity contribution in [2.75, 3.05) is 0 Å². The maximum Gasteiger partial charge on any atom is 0.121 e. The number of rotatable bonds is 2. The molecule has 0 spiro atoms. The van der Waals surface area contributed by atoms with Crippen molar-refractivity contribution in [2.24, 2.45) is 0 Å². The molecule has 148 valence electrons. The minimum atomic E-state index is -0.388. The standard InChI is InChI=1S/C27H20N4/c1-2-12-21-20(11-1)28-25(29-21)27(26-30-22-13-3-4-14-23(22)31-26)15-18-9-5-7-17-8-6-10-19(16-27)24(17)18/h1-14H,15-16H2,(H,28,29)(H,30,31). The van der Waals surface area contributed by atoms with Crippen LogP contribution in [0, 0.1) is 0 Å². The van der Waals surface area contributed by atoms with Gasteiger partial charge in [-0.25, -0.2) is 9.97 Å². The average molecular weight is 400 g/mol. The van der Waals surface area contributed by atoms with Crippen molar-refractivity contribution in [1.29, 1.82) is 0 Å². The summed E-state index contributed by atoms with van der Waals surface area (Å²) in [5.74, 6) is 1.94. The summed E-state index contributed by atoms with van der Waals surface area (Å²) in [5, 5.41) is 2.69. The molecule has 6 aromatic rings. The molecule has 0 saturated carbocycles. The topological polar surface area (TPSA) is 57.4 Å². The van der Waals surface area contributed by atoms with Crippen LogP contribution in [0.3, 0.4) is 0 Å². The predicted molar refractivity (Wildman–Crippen MR) is 124 cm³/mol. The van der Waals surface area contributed by atoms with Gasteiger partial charge >= 0.3 is 0 Å². The number of nitrogens with one attached hydrogen (secondary N) is 2. The molecule has 0 aliphatic heterocycles. The van der Waals surface area contributed by atoms with Crippen LogP contribution in [-0.4, -0.2) is 19.9 Å². The number of hydrogen-bond acceptors (Lipinski definition) is 2. The van der Waals surface area contributed by atoms with Crippen LogP contribution in [0.5, 0.6) is 0 Å². The normalized spacial score (nSPS) is 15.1. The Hall–Kier alpha value is -3.92. The van der Waals surface area contributed by atoms with Gasteiger partial charge in [-0.3, -0.25) is 0 Å². The van der Waals surface area contributed by atoms with Gasteiger partial charge in [-0.1, -0.05) is 60.7 Å². The molecule has 0 radical (unpaired) electrons. The van der Waals surface area contributed by atoms with Gasteiger partial charge in [0.25, 0.3) is 0 Å². The molecule has 2 aromatic heterocycles. The van der Waals surface area contributed by atoms with Gasteiger partial charge in [-0.05, 0) is 59.0 Å². The van der Waals surface area contributed by atoms with Crippen LogP contribution in [0.25, 0.3) is 32.8 Å². The van der Waals surface area contributed by atoms with Crippen molar-refractivity contribution < 1.29 is 0 Å². The Morgan fingerprint density at radius 3 is 1.61 bits per heavy atom. The summed E-state index contributed by atoms with van der Waals surface area (Å²) in [5.41, 5.74) is 6.41. The van der Waals surface area contributed by atoms with E-state index in [1.54, 1.807) is 0 Å². The highest BCUT2D eigenvalue weighted by Crippen LogP contribution is 2.44. The molecular weight excluding hydrogens is 380 g/mol. The highest BCUT2D eigenvalue weighted by molar-refractivity contribution is 5.90. The SMILES string of the molecule is c1cc2c3c(cccc3c1)CC(c1nc3ccccc3[nH]1)(c1nc3ccccc3[nH]1)C2. The fraction of sp³-hybridized carbons (Fsp3) is 0.111. The van der Waals surface area contributed by atoms with Gasteiger partial charge in [0, 0.05) is 0 Å². The first-order valence-electron chi connectivity index (χ1n) is 10.7. The molecule has 0 unspecified atom stereocenters. The third kappa shape index (κ3) is 2.36. The van der Waals surface area contributed by atoms with Gasteiger partial charge in [-0.2, -0.15) is 0 Å².